The van der Waals surface area contributed by atoms with Crippen molar-refractivity contribution in [2.24, 2.45) is 11.7 Å². The predicted octanol–water partition coefficient (Wildman–Crippen LogP) is 0.668. The van der Waals surface area contributed by atoms with Crippen molar-refractivity contribution >= 4 is 11.6 Å². The van der Waals surface area contributed by atoms with Gasteiger partial charge in [0.2, 0.25) is 11.6 Å². The van der Waals surface area contributed by atoms with Crippen LogP contribution in [0.25, 0.3) is 0 Å². The van der Waals surface area contributed by atoms with Crippen molar-refractivity contribution in [3.05, 3.63) is 24.6 Å². The Hall–Kier alpha value is -1.49. The normalized spacial score (nSPS) is 14.3. The van der Waals surface area contributed by atoms with Crippen LogP contribution in [0.1, 0.15) is 26.0 Å². The number of nitrogens with two attached hydrogens (primary N) is 1. The molecule has 93 valence electrons. The van der Waals surface area contributed by atoms with Gasteiger partial charge in [-0.15, -0.1) is 0 Å². The first-order chi connectivity index (χ1) is 8.04. The Morgan fingerprint density at radius 1 is 1.59 bits per heavy atom. The van der Waals surface area contributed by atoms with Gasteiger partial charge in [-0.25, -0.2) is 4.98 Å². The summed E-state index contributed by atoms with van der Waals surface area (Å²) in [5, 5.41) is 0. The maximum atomic E-state index is 11.7. The fourth-order valence-electron chi connectivity index (χ4n) is 1.36. The highest BCUT2D eigenvalue weighted by atomic mass is 16.2. The molecular weight excluding hydrogens is 218 g/mol. The van der Waals surface area contributed by atoms with Crippen LogP contribution in [0.5, 0.6) is 0 Å². The third kappa shape index (κ3) is 4.11. The van der Waals surface area contributed by atoms with Gasteiger partial charge in [-0.1, -0.05) is 20.3 Å². The summed E-state index contributed by atoms with van der Waals surface area (Å²) in [6, 6.07) is -0.814. The smallest absolute Gasteiger partial charge is 0.215 e. The molecule has 3 N–H and O–H groups in total. The van der Waals surface area contributed by atoms with E-state index in [0.29, 0.717) is 5.69 Å². The summed E-state index contributed by atoms with van der Waals surface area (Å²) in [5.74, 6) is -0.945. The minimum Gasteiger partial charge on any atom is -0.351 e. The number of aromatic amines is 1. The van der Waals surface area contributed by atoms with Crippen LogP contribution in [-0.4, -0.2) is 27.6 Å². The van der Waals surface area contributed by atoms with Gasteiger partial charge in [0, 0.05) is 19.0 Å². The molecule has 0 saturated heterocycles. The average molecular weight is 236 g/mol. The fourth-order valence-corrected chi connectivity index (χ4v) is 1.36. The lowest BCUT2D eigenvalue weighted by Gasteiger charge is -2.10. The van der Waals surface area contributed by atoms with E-state index in [1.165, 1.54) is 12.7 Å². The van der Waals surface area contributed by atoms with Crippen LogP contribution < -0.4 is 5.73 Å². The van der Waals surface area contributed by atoms with Gasteiger partial charge in [-0.3, -0.25) is 9.59 Å². The SMILES string of the molecule is CCC(C)[CH]C(=O)C(=O)[C@@H](N)Cc1c[nH]cn1. The molecule has 0 amide bonds. The van der Waals surface area contributed by atoms with Crippen molar-refractivity contribution in [2.75, 3.05) is 0 Å². The second kappa shape index (κ2) is 6.30. The maximum absolute atomic E-state index is 11.7. The molecule has 0 saturated carbocycles. The number of carbonyl (C=O) groups excluding carboxylic acids is 2. The number of imidazole rings is 1. The molecule has 1 radical (unpaired) electrons. The summed E-state index contributed by atoms with van der Waals surface area (Å²) in [7, 11) is 0. The molecule has 5 heteroatoms. The van der Waals surface area contributed by atoms with E-state index in [4.69, 9.17) is 5.73 Å². The minimum absolute atomic E-state index is 0.101. The molecule has 0 aromatic carbocycles. The first-order valence-corrected chi connectivity index (χ1v) is 5.70. The molecule has 0 bridgehead atoms. The van der Waals surface area contributed by atoms with Crippen molar-refractivity contribution in [3.63, 3.8) is 0 Å². The molecule has 0 aliphatic rings. The number of carbonyl (C=O) groups is 2. The highest BCUT2D eigenvalue weighted by Crippen LogP contribution is 2.07. The van der Waals surface area contributed by atoms with Crippen molar-refractivity contribution in [1.82, 2.24) is 9.97 Å². The van der Waals surface area contributed by atoms with Gasteiger partial charge in [0.1, 0.15) is 0 Å². The predicted molar refractivity (Wildman–Crippen MR) is 64.0 cm³/mol. The summed E-state index contributed by atoms with van der Waals surface area (Å²) in [6.45, 7) is 3.85. The van der Waals surface area contributed by atoms with Gasteiger partial charge in [-0.2, -0.15) is 0 Å². The first-order valence-electron chi connectivity index (χ1n) is 5.70. The van der Waals surface area contributed by atoms with Crippen LogP contribution in [0, 0.1) is 12.3 Å². The number of Topliss-reactive ketones (excluding diaryl/α,β-unsaturated/α-hetero) is 2. The van der Waals surface area contributed by atoms with Gasteiger partial charge in [0.05, 0.1) is 18.1 Å². The van der Waals surface area contributed by atoms with Crippen molar-refractivity contribution < 1.29 is 9.59 Å². The summed E-state index contributed by atoms with van der Waals surface area (Å²) < 4.78 is 0. The standard InChI is InChI=1S/C12H18N3O2/c1-3-8(2)4-11(16)12(17)10(13)5-9-6-14-7-15-9/h4,6-8,10H,3,5,13H2,1-2H3,(H,14,15)/t8?,10-/m0/s1. The molecule has 2 atom stereocenters. The topological polar surface area (TPSA) is 88.8 Å². The van der Waals surface area contributed by atoms with E-state index in [1.807, 2.05) is 13.8 Å². The average Bonchev–Trinajstić information content (AvgIpc) is 2.80. The van der Waals surface area contributed by atoms with E-state index in [0.717, 1.165) is 6.42 Å². The molecule has 0 spiro atoms. The van der Waals surface area contributed by atoms with Crippen molar-refractivity contribution in [2.45, 2.75) is 32.7 Å². The second-order valence-corrected chi connectivity index (χ2v) is 4.15. The van der Waals surface area contributed by atoms with Crippen LogP contribution >= 0.6 is 0 Å². The zero-order valence-corrected chi connectivity index (χ0v) is 10.1. The number of nitrogens with one attached hydrogen (secondary N) is 1. The summed E-state index contributed by atoms with van der Waals surface area (Å²) in [4.78, 5) is 30.0. The molecule has 0 fully saturated rings. The summed E-state index contributed by atoms with van der Waals surface area (Å²) >= 11 is 0. The lowest BCUT2D eigenvalue weighted by atomic mass is 9.96. The summed E-state index contributed by atoms with van der Waals surface area (Å²) in [5.41, 5.74) is 6.36. The number of nitrogens with zero attached hydrogens (tertiary/aromatic N) is 1. The van der Waals surface area contributed by atoms with Gasteiger partial charge < -0.3 is 10.7 Å². The van der Waals surface area contributed by atoms with Crippen LogP contribution in [0.15, 0.2) is 12.5 Å². The van der Waals surface area contributed by atoms with Gasteiger partial charge in [-0.05, 0) is 5.92 Å². The first kappa shape index (κ1) is 13.6. The molecule has 0 aliphatic carbocycles. The fraction of sp³-hybridized carbons (Fsp3) is 0.500. The Bertz CT molecular complexity index is 373. The van der Waals surface area contributed by atoms with E-state index in [2.05, 4.69) is 9.97 Å². The van der Waals surface area contributed by atoms with E-state index >= 15 is 0 Å². The van der Waals surface area contributed by atoms with E-state index < -0.39 is 17.6 Å². The number of hydrogen-bond donors (Lipinski definition) is 2. The van der Waals surface area contributed by atoms with E-state index in [9.17, 15) is 9.59 Å². The number of hydrogen-bond acceptors (Lipinski definition) is 4. The van der Waals surface area contributed by atoms with Crippen LogP contribution in [0.3, 0.4) is 0 Å². The van der Waals surface area contributed by atoms with Crippen LogP contribution in [0.2, 0.25) is 0 Å². The lowest BCUT2D eigenvalue weighted by molar-refractivity contribution is -0.135. The molecule has 1 unspecified atom stereocenters. The monoisotopic (exact) mass is 236 g/mol. The zero-order valence-electron chi connectivity index (χ0n) is 10.1. The Labute approximate surface area is 101 Å². The third-order valence-corrected chi connectivity index (χ3v) is 2.64. The van der Waals surface area contributed by atoms with Gasteiger partial charge in [0.15, 0.2) is 0 Å². The Kier molecular flexibility index (Phi) is 5.03. The zero-order chi connectivity index (χ0) is 12.8. The highest BCUT2D eigenvalue weighted by molar-refractivity contribution is 6.42. The molecule has 1 rings (SSSR count). The molecule has 0 aliphatic heterocycles. The quantitative estimate of drug-likeness (QED) is 0.681. The minimum atomic E-state index is -0.814. The van der Waals surface area contributed by atoms with Crippen molar-refractivity contribution in [3.8, 4) is 0 Å². The van der Waals surface area contributed by atoms with E-state index in [1.54, 1.807) is 6.20 Å². The second-order valence-electron chi connectivity index (χ2n) is 4.15. The number of ketones is 2. The lowest BCUT2D eigenvalue weighted by Crippen LogP contribution is -2.38. The Morgan fingerprint density at radius 2 is 2.29 bits per heavy atom. The maximum Gasteiger partial charge on any atom is 0.215 e. The highest BCUT2D eigenvalue weighted by Gasteiger charge is 2.23. The number of rotatable bonds is 7. The molecule has 1 aromatic heterocycles. The van der Waals surface area contributed by atoms with Gasteiger partial charge in [0.25, 0.3) is 0 Å². The molecule has 1 heterocycles. The van der Waals surface area contributed by atoms with Crippen LogP contribution in [0.4, 0.5) is 0 Å². The third-order valence-electron chi connectivity index (χ3n) is 2.64. The van der Waals surface area contributed by atoms with Gasteiger partial charge >= 0.3 is 0 Å². The molecule has 5 nitrogen and oxygen atoms in total. The molecular formula is C12H18N3O2. The Morgan fingerprint density at radius 3 is 2.82 bits per heavy atom. The Balaban J connectivity index is 2.48. The number of aromatic nitrogens is 2. The summed E-state index contributed by atoms with van der Waals surface area (Å²) in [6.07, 6.45) is 5.72. The molecule has 17 heavy (non-hydrogen) atoms. The largest absolute Gasteiger partial charge is 0.351 e. The molecule has 1 aromatic rings. The van der Waals surface area contributed by atoms with E-state index in [-0.39, 0.29) is 12.3 Å². The van der Waals surface area contributed by atoms with Crippen molar-refractivity contribution in [1.29, 1.82) is 0 Å². The van der Waals surface area contributed by atoms with Crippen LogP contribution in [-0.2, 0) is 16.0 Å². The number of H-pyrrole nitrogens is 1.